The second-order valence-corrected chi connectivity index (χ2v) is 12.0. The molecular weight excluding hydrogens is 400 g/mol. The second-order valence-electron chi connectivity index (χ2n) is 7.40. The van der Waals surface area contributed by atoms with Gasteiger partial charge in [0.2, 0.25) is 10.0 Å². The Bertz CT molecular complexity index is 1080. The molecule has 0 N–H and O–H groups in total. The molecule has 1 unspecified atom stereocenters. The van der Waals surface area contributed by atoms with Gasteiger partial charge < -0.3 is 0 Å². The van der Waals surface area contributed by atoms with Gasteiger partial charge in [0.1, 0.15) is 5.82 Å². The third-order valence-electron chi connectivity index (χ3n) is 5.19. The maximum atomic E-state index is 12.9. The maximum absolute atomic E-state index is 12.9. The first-order valence-corrected chi connectivity index (χ1v) is 12.5. The van der Waals surface area contributed by atoms with Crippen molar-refractivity contribution in [1.82, 2.24) is 19.3 Å². The summed E-state index contributed by atoms with van der Waals surface area (Å²) < 4.78 is 50.5. The molecule has 2 aromatic rings. The Labute approximate surface area is 165 Å². The molecule has 0 radical (unpaired) electrons. The molecule has 0 spiro atoms. The van der Waals surface area contributed by atoms with Gasteiger partial charge in [0, 0.05) is 30.9 Å². The van der Waals surface area contributed by atoms with Crippen molar-refractivity contribution < 1.29 is 16.8 Å². The zero-order chi connectivity index (χ0) is 19.9. The van der Waals surface area contributed by atoms with Crippen LogP contribution in [0.2, 0.25) is 0 Å². The monoisotopic (exact) mass is 422 g/mol. The predicted molar refractivity (Wildman–Crippen MR) is 105 cm³/mol. The molecular formula is C18H22N4O4S2. The highest BCUT2D eigenvalue weighted by Gasteiger charge is 2.39. The minimum absolute atomic E-state index is 0.0486. The van der Waals surface area contributed by atoms with Crippen LogP contribution in [0.3, 0.4) is 0 Å². The van der Waals surface area contributed by atoms with Gasteiger partial charge in [-0.2, -0.15) is 4.31 Å². The molecule has 0 bridgehead atoms. The third kappa shape index (κ3) is 3.94. The lowest BCUT2D eigenvalue weighted by atomic mass is 10.1. The van der Waals surface area contributed by atoms with Crippen LogP contribution in [0.1, 0.15) is 36.7 Å². The summed E-state index contributed by atoms with van der Waals surface area (Å²) >= 11 is 0. The summed E-state index contributed by atoms with van der Waals surface area (Å²) in [5.74, 6) is 0.662. The molecule has 1 aliphatic heterocycles. The summed E-state index contributed by atoms with van der Waals surface area (Å²) in [5, 5.41) is -0.898. The summed E-state index contributed by atoms with van der Waals surface area (Å²) in [6, 6.07) is 5.49. The van der Waals surface area contributed by atoms with E-state index in [1.807, 2.05) is 12.1 Å². The molecule has 0 aromatic carbocycles. The van der Waals surface area contributed by atoms with Crippen LogP contribution in [0.25, 0.3) is 11.3 Å². The molecule has 1 saturated heterocycles. The maximum Gasteiger partial charge on any atom is 0.218 e. The van der Waals surface area contributed by atoms with E-state index < -0.39 is 25.1 Å². The fourth-order valence-electron chi connectivity index (χ4n) is 3.38. The first-order chi connectivity index (χ1) is 13.3. The number of pyridine rings is 1. The highest BCUT2D eigenvalue weighted by molar-refractivity contribution is 7.95. The average Bonchev–Trinajstić information content (AvgIpc) is 3.45. The standard InChI is InChI=1S/C18H22N4O4S2/c1-22(28(25,26)14-7-9-27(23,24)12-14)11-17-15(16-4-2-3-8-19-16)10-20-18(21-17)13-5-6-13/h2-4,8,10,13-14H,5-7,9,11-12H2,1H3. The molecule has 28 heavy (non-hydrogen) atoms. The first kappa shape index (κ1) is 19.4. The van der Waals surface area contributed by atoms with Gasteiger partial charge in [0.15, 0.2) is 9.84 Å². The van der Waals surface area contributed by atoms with Gasteiger partial charge in [-0.1, -0.05) is 6.07 Å². The summed E-state index contributed by atoms with van der Waals surface area (Å²) in [4.78, 5) is 13.4. The fourth-order valence-corrected chi connectivity index (χ4v) is 7.61. The van der Waals surface area contributed by atoms with E-state index in [1.165, 1.54) is 11.4 Å². The number of hydrogen-bond donors (Lipinski definition) is 0. The van der Waals surface area contributed by atoms with Crippen LogP contribution in [-0.4, -0.2) is 59.9 Å². The first-order valence-electron chi connectivity index (χ1n) is 9.19. The van der Waals surface area contributed by atoms with Crippen LogP contribution in [0, 0.1) is 0 Å². The summed E-state index contributed by atoms with van der Waals surface area (Å²) in [7, 11) is -5.56. The van der Waals surface area contributed by atoms with E-state index in [4.69, 9.17) is 0 Å². The van der Waals surface area contributed by atoms with Crippen molar-refractivity contribution in [3.8, 4) is 11.3 Å². The Morgan fingerprint density at radius 3 is 2.57 bits per heavy atom. The quantitative estimate of drug-likeness (QED) is 0.691. The molecule has 0 amide bonds. The number of aromatic nitrogens is 3. The minimum Gasteiger partial charge on any atom is -0.256 e. The van der Waals surface area contributed by atoms with Crippen molar-refractivity contribution >= 4 is 19.9 Å². The van der Waals surface area contributed by atoms with Gasteiger partial charge >= 0.3 is 0 Å². The largest absolute Gasteiger partial charge is 0.256 e. The molecule has 3 heterocycles. The van der Waals surface area contributed by atoms with Crippen molar-refractivity contribution in [1.29, 1.82) is 0 Å². The lowest BCUT2D eigenvalue weighted by molar-refractivity contribution is 0.452. The Morgan fingerprint density at radius 2 is 1.96 bits per heavy atom. The lowest BCUT2D eigenvalue weighted by Gasteiger charge is -2.21. The molecule has 1 atom stereocenters. The highest BCUT2D eigenvalue weighted by atomic mass is 32.2. The Hall–Kier alpha value is -1.91. The zero-order valence-electron chi connectivity index (χ0n) is 15.5. The van der Waals surface area contributed by atoms with Crippen LogP contribution in [0.4, 0.5) is 0 Å². The van der Waals surface area contributed by atoms with E-state index in [0.29, 0.717) is 22.9 Å². The van der Waals surface area contributed by atoms with Crippen LogP contribution >= 0.6 is 0 Å². The zero-order valence-corrected chi connectivity index (χ0v) is 17.2. The Kier molecular flexibility index (Phi) is 4.96. The van der Waals surface area contributed by atoms with Crippen molar-refractivity contribution in [3.05, 3.63) is 42.1 Å². The number of rotatable bonds is 6. The fraction of sp³-hybridized carbons (Fsp3) is 0.500. The molecule has 8 nitrogen and oxygen atoms in total. The van der Waals surface area contributed by atoms with Gasteiger partial charge in [0.25, 0.3) is 0 Å². The Morgan fingerprint density at radius 1 is 1.18 bits per heavy atom. The molecule has 2 fully saturated rings. The average molecular weight is 423 g/mol. The molecule has 10 heteroatoms. The normalized spacial score (nSPS) is 21.9. The van der Waals surface area contributed by atoms with Crippen molar-refractivity contribution in [2.45, 2.75) is 37.0 Å². The molecule has 2 aliphatic rings. The van der Waals surface area contributed by atoms with Gasteiger partial charge in [-0.15, -0.1) is 0 Å². The van der Waals surface area contributed by atoms with Gasteiger partial charge in [-0.3, -0.25) is 4.98 Å². The summed E-state index contributed by atoms with van der Waals surface area (Å²) in [6.45, 7) is 0.0486. The molecule has 150 valence electrons. The number of sulfonamides is 1. The summed E-state index contributed by atoms with van der Waals surface area (Å²) in [6.07, 6.45) is 5.59. The lowest BCUT2D eigenvalue weighted by Crippen LogP contribution is -2.36. The smallest absolute Gasteiger partial charge is 0.218 e. The van der Waals surface area contributed by atoms with Crippen LogP contribution in [0.15, 0.2) is 30.6 Å². The number of nitrogens with zero attached hydrogens (tertiary/aromatic N) is 4. The van der Waals surface area contributed by atoms with Crippen LogP contribution < -0.4 is 0 Å². The van der Waals surface area contributed by atoms with E-state index in [-0.39, 0.29) is 24.5 Å². The van der Waals surface area contributed by atoms with Crippen molar-refractivity contribution in [2.24, 2.45) is 0 Å². The van der Waals surface area contributed by atoms with Crippen molar-refractivity contribution in [3.63, 3.8) is 0 Å². The third-order valence-corrected chi connectivity index (χ3v) is 9.41. The SMILES string of the molecule is CN(Cc1nc(C2CC2)ncc1-c1ccccn1)S(=O)(=O)C1CCS(=O)(=O)C1. The molecule has 1 saturated carbocycles. The molecule has 2 aromatic heterocycles. The van der Waals surface area contributed by atoms with E-state index >= 15 is 0 Å². The van der Waals surface area contributed by atoms with E-state index in [2.05, 4.69) is 15.0 Å². The van der Waals surface area contributed by atoms with Crippen LogP contribution in [-0.2, 0) is 26.4 Å². The van der Waals surface area contributed by atoms with E-state index in [9.17, 15) is 16.8 Å². The van der Waals surface area contributed by atoms with Crippen LogP contribution in [0.5, 0.6) is 0 Å². The topological polar surface area (TPSA) is 110 Å². The predicted octanol–water partition coefficient (Wildman–Crippen LogP) is 1.36. The van der Waals surface area contributed by atoms with Crippen molar-refractivity contribution in [2.75, 3.05) is 18.6 Å². The molecule has 1 aliphatic carbocycles. The van der Waals surface area contributed by atoms with Gasteiger partial charge in [0.05, 0.1) is 34.7 Å². The number of sulfone groups is 1. The number of hydrogen-bond acceptors (Lipinski definition) is 7. The van der Waals surface area contributed by atoms with Gasteiger partial charge in [-0.05, 0) is 31.4 Å². The summed E-state index contributed by atoms with van der Waals surface area (Å²) in [5.41, 5.74) is 1.95. The minimum atomic E-state index is -3.75. The van der Waals surface area contributed by atoms with E-state index in [0.717, 1.165) is 18.7 Å². The molecule has 4 rings (SSSR count). The Balaban J connectivity index is 1.65. The van der Waals surface area contributed by atoms with Gasteiger partial charge in [-0.25, -0.2) is 26.8 Å². The van der Waals surface area contributed by atoms with E-state index in [1.54, 1.807) is 18.5 Å². The second kappa shape index (κ2) is 7.16. The highest BCUT2D eigenvalue weighted by Crippen LogP contribution is 2.38.